The molecule has 0 aliphatic rings. The number of aromatic nitrogens is 3. The lowest BCUT2D eigenvalue weighted by Gasteiger charge is -2.11. The first kappa shape index (κ1) is 13.8. The molecule has 23 heavy (non-hydrogen) atoms. The Morgan fingerprint density at radius 1 is 1.04 bits per heavy atom. The van der Waals surface area contributed by atoms with Crippen molar-refractivity contribution in [3.05, 3.63) is 47.6 Å². The first-order chi connectivity index (χ1) is 11.0. The Balaban J connectivity index is 2.18. The highest BCUT2D eigenvalue weighted by atomic mass is 35.5. The van der Waals surface area contributed by atoms with E-state index in [1.54, 1.807) is 0 Å². The number of aryl methyl sites for hydroxylation is 1. The smallest absolute Gasteiger partial charge is 0.222 e. The van der Waals surface area contributed by atoms with Crippen LogP contribution < -0.4 is 11.5 Å². The Labute approximate surface area is 137 Å². The van der Waals surface area contributed by atoms with Gasteiger partial charge in [-0.15, -0.1) is 0 Å². The normalized spacial score (nSPS) is 11.4. The van der Waals surface area contributed by atoms with Crippen LogP contribution in [0.2, 0.25) is 5.02 Å². The Kier molecular flexibility index (Phi) is 2.92. The van der Waals surface area contributed by atoms with Crippen LogP contribution in [-0.4, -0.2) is 14.5 Å². The van der Waals surface area contributed by atoms with Crippen LogP contribution in [0.1, 0.15) is 0 Å². The Bertz CT molecular complexity index is 1050. The summed E-state index contributed by atoms with van der Waals surface area (Å²) < 4.78 is 2.06. The first-order valence-electron chi connectivity index (χ1n) is 7.11. The number of anilines is 2. The largest absolute Gasteiger partial charge is 0.383 e. The van der Waals surface area contributed by atoms with Gasteiger partial charge in [-0.2, -0.15) is 4.98 Å². The van der Waals surface area contributed by atoms with Gasteiger partial charge in [0.25, 0.3) is 0 Å². The van der Waals surface area contributed by atoms with E-state index < -0.39 is 0 Å². The van der Waals surface area contributed by atoms with Crippen molar-refractivity contribution in [1.82, 2.24) is 14.5 Å². The highest BCUT2D eigenvalue weighted by Crippen LogP contribution is 2.37. The lowest BCUT2D eigenvalue weighted by molar-refractivity contribution is 0.970. The van der Waals surface area contributed by atoms with Crippen LogP contribution in [-0.2, 0) is 7.05 Å². The van der Waals surface area contributed by atoms with Crippen LogP contribution in [0.3, 0.4) is 0 Å². The van der Waals surface area contributed by atoms with Crippen molar-refractivity contribution in [3.63, 3.8) is 0 Å². The SMILES string of the molecule is Cn1ccc2c3c(N)nc(N)nc3cc(-c3ccc(Cl)cc3)c21. The molecule has 4 N–H and O–H groups in total. The standard InChI is InChI=1S/C17H14ClN5/c1-23-7-6-11-14-13(21-17(20)22-16(14)19)8-12(15(11)23)9-2-4-10(18)5-3-9/h2-8H,1H3,(H4,19,20,21,22). The molecule has 5 nitrogen and oxygen atoms in total. The summed E-state index contributed by atoms with van der Waals surface area (Å²) in [5.74, 6) is 0.568. The van der Waals surface area contributed by atoms with Gasteiger partial charge in [0.05, 0.1) is 16.4 Å². The van der Waals surface area contributed by atoms with Crippen LogP contribution >= 0.6 is 11.6 Å². The fraction of sp³-hybridized carbons (Fsp3) is 0.0588. The van der Waals surface area contributed by atoms with Gasteiger partial charge >= 0.3 is 0 Å². The van der Waals surface area contributed by atoms with Crippen molar-refractivity contribution < 1.29 is 0 Å². The zero-order valence-electron chi connectivity index (χ0n) is 12.4. The predicted molar refractivity (Wildman–Crippen MR) is 95.3 cm³/mol. The molecule has 0 amide bonds. The zero-order chi connectivity index (χ0) is 16.1. The molecular weight excluding hydrogens is 310 g/mol. The fourth-order valence-corrected chi connectivity index (χ4v) is 3.14. The van der Waals surface area contributed by atoms with Gasteiger partial charge in [0.15, 0.2) is 0 Å². The summed E-state index contributed by atoms with van der Waals surface area (Å²) >= 11 is 6.01. The Hall–Kier alpha value is -2.79. The van der Waals surface area contributed by atoms with Crippen molar-refractivity contribution in [2.45, 2.75) is 0 Å². The van der Waals surface area contributed by atoms with E-state index in [4.69, 9.17) is 23.1 Å². The number of nitrogens with two attached hydrogens (primary N) is 2. The monoisotopic (exact) mass is 323 g/mol. The van der Waals surface area contributed by atoms with Crippen LogP contribution in [0, 0.1) is 0 Å². The van der Waals surface area contributed by atoms with Gasteiger partial charge in [-0.05, 0) is 29.8 Å². The van der Waals surface area contributed by atoms with Gasteiger partial charge in [-0.25, -0.2) is 4.98 Å². The number of hydrogen-bond donors (Lipinski definition) is 2. The van der Waals surface area contributed by atoms with Gasteiger partial charge in [0.1, 0.15) is 5.82 Å². The molecule has 2 aromatic heterocycles. The predicted octanol–water partition coefficient (Wildman–Crippen LogP) is 3.61. The van der Waals surface area contributed by atoms with Crippen LogP contribution in [0.25, 0.3) is 32.9 Å². The third-order valence-electron chi connectivity index (χ3n) is 4.02. The summed E-state index contributed by atoms with van der Waals surface area (Å²) in [6.07, 6.45) is 2.00. The molecule has 0 saturated heterocycles. The maximum atomic E-state index is 6.08. The van der Waals surface area contributed by atoms with E-state index in [2.05, 4.69) is 14.5 Å². The van der Waals surface area contributed by atoms with Crippen molar-refractivity contribution in [1.29, 1.82) is 0 Å². The number of benzene rings is 2. The summed E-state index contributed by atoms with van der Waals surface area (Å²) in [7, 11) is 2.00. The molecule has 0 bridgehead atoms. The van der Waals surface area contributed by atoms with E-state index in [1.165, 1.54) is 0 Å². The van der Waals surface area contributed by atoms with Crippen LogP contribution in [0.5, 0.6) is 0 Å². The molecule has 0 aliphatic carbocycles. The Morgan fingerprint density at radius 2 is 1.78 bits per heavy atom. The van der Waals surface area contributed by atoms with Crippen molar-refractivity contribution in [3.8, 4) is 11.1 Å². The minimum Gasteiger partial charge on any atom is -0.383 e. The Morgan fingerprint density at radius 3 is 2.52 bits per heavy atom. The zero-order valence-corrected chi connectivity index (χ0v) is 13.2. The van der Waals surface area contributed by atoms with Gasteiger partial charge in [-0.3, -0.25) is 0 Å². The number of rotatable bonds is 1. The van der Waals surface area contributed by atoms with Crippen LogP contribution in [0.4, 0.5) is 11.8 Å². The van der Waals surface area contributed by atoms with Crippen LogP contribution in [0.15, 0.2) is 42.6 Å². The molecule has 0 saturated carbocycles. The van der Waals surface area contributed by atoms with Gasteiger partial charge < -0.3 is 16.0 Å². The second kappa shape index (κ2) is 4.86. The van der Waals surface area contributed by atoms with E-state index in [0.717, 1.165) is 32.9 Å². The van der Waals surface area contributed by atoms with Gasteiger partial charge in [0.2, 0.25) is 5.95 Å². The number of hydrogen-bond acceptors (Lipinski definition) is 4. The van der Waals surface area contributed by atoms with Gasteiger partial charge in [0, 0.05) is 29.2 Å². The highest BCUT2D eigenvalue weighted by molar-refractivity contribution is 6.30. The van der Waals surface area contributed by atoms with Crippen molar-refractivity contribution >= 4 is 45.2 Å². The minimum atomic E-state index is 0.173. The number of nitrogens with zero attached hydrogens (tertiary/aromatic N) is 3. The van der Waals surface area contributed by atoms with E-state index in [9.17, 15) is 0 Å². The van der Waals surface area contributed by atoms with E-state index in [-0.39, 0.29) is 5.95 Å². The lowest BCUT2D eigenvalue weighted by atomic mass is 10.00. The second-order valence-electron chi connectivity index (χ2n) is 5.48. The molecular formula is C17H14ClN5. The summed E-state index contributed by atoms with van der Waals surface area (Å²) in [6.45, 7) is 0. The average molecular weight is 324 g/mol. The quantitative estimate of drug-likeness (QED) is 0.560. The molecule has 6 heteroatoms. The molecule has 114 valence electrons. The summed E-state index contributed by atoms with van der Waals surface area (Å²) in [5, 5.41) is 2.54. The molecule has 0 unspecified atom stereocenters. The van der Waals surface area contributed by atoms with Crippen molar-refractivity contribution in [2.24, 2.45) is 7.05 Å². The molecule has 2 aromatic carbocycles. The molecule has 0 radical (unpaired) electrons. The second-order valence-corrected chi connectivity index (χ2v) is 5.92. The van der Waals surface area contributed by atoms with Gasteiger partial charge in [-0.1, -0.05) is 23.7 Å². The molecule has 0 spiro atoms. The number of nitrogen functional groups attached to an aromatic ring is 2. The molecule has 0 aliphatic heterocycles. The van der Waals surface area contributed by atoms with E-state index in [0.29, 0.717) is 10.8 Å². The topological polar surface area (TPSA) is 82.8 Å². The van der Waals surface area contributed by atoms with E-state index >= 15 is 0 Å². The average Bonchev–Trinajstić information content (AvgIpc) is 2.89. The lowest BCUT2D eigenvalue weighted by Crippen LogP contribution is -2.01. The third-order valence-corrected chi connectivity index (χ3v) is 4.27. The van der Waals surface area contributed by atoms with Crippen molar-refractivity contribution in [2.75, 3.05) is 11.5 Å². The maximum absolute atomic E-state index is 6.08. The highest BCUT2D eigenvalue weighted by Gasteiger charge is 2.15. The molecule has 2 heterocycles. The third kappa shape index (κ3) is 2.09. The number of fused-ring (bicyclic) bond motifs is 3. The summed E-state index contributed by atoms with van der Waals surface area (Å²) in [5.41, 5.74) is 15.7. The minimum absolute atomic E-state index is 0.173. The molecule has 4 aromatic rings. The summed E-state index contributed by atoms with van der Waals surface area (Å²) in [4.78, 5) is 8.44. The summed E-state index contributed by atoms with van der Waals surface area (Å²) in [6, 6.07) is 11.7. The molecule has 0 fully saturated rings. The maximum Gasteiger partial charge on any atom is 0.222 e. The molecule has 4 rings (SSSR count). The van der Waals surface area contributed by atoms with E-state index in [1.807, 2.05) is 49.6 Å². The first-order valence-corrected chi connectivity index (χ1v) is 7.49. The fourth-order valence-electron chi connectivity index (χ4n) is 3.02. The number of halogens is 1. The molecule has 0 atom stereocenters.